The van der Waals surface area contributed by atoms with Gasteiger partial charge in [-0.1, -0.05) is 0 Å². The molecule has 1 heterocycles. The van der Waals surface area contributed by atoms with Crippen LogP contribution in [0.1, 0.15) is 10.5 Å². The van der Waals surface area contributed by atoms with Crippen LogP contribution in [0.3, 0.4) is 0 Å². The molecule has 1 aromatic heterocycles. The second-order valence-electron chi connectivity index (χ2n) is 2.05. The van der Waals surface area contributed by atoms with Gasteiger partial charge in [0.15, 0.2) is 11.5 Å². The topological polar surface area (TPSA) is 65.2 Å². The van der Waals surface area contributed by atoms with Crippen molar-refractivity contribution in [3.63, 3.8) is 0 Å². The van der Waals surface area contributed by atoms with Crippen molar-refractivity contribution in [2.45, 2.75) is 0 Å². The molecule has 4 nitrogen and oxygen atoms in total. The lowest BCUT2D eigenvalue weighted by Gasteiger charge is -2.00. The summed E-state index contributed by atoms with van der Waals surface area (Å²) >= 11 is 0. The fourth-order valence-electron chi connectivity index (χ4n) is 0.698. The van der Waals surface area contributed by atoms with E-state index in [0.717, 1.165) is 7.11 Å². The lowest BCUT2D eigenvalue weighted by atomic mass is 10.3. The molecule has 0 saturated carbocycles. The monoisotopic (exact) mass is 170 g/mol. The molecule has 64 valence electrons. The van der Waals surface area contributed by atoms with Crippen molar-refractivity contribution in [2.24, 2.45) is 0 Å². The molecular weight excluding hydrogens is 163 g/mol. The zero-order valence-electron chi connectivity index (χ0n) is 6.37. The Labute approximate surface area is 68.2 Å². The Morgan fingerprint density at radius 3 is 3.00 bits per heavy atom. The summed E-state index contributed by atoms with van der Waals surface area (Å²) in [5.74, 6) is -1.68. The summed E-state index contributed by atoms with van der Waals surface area (Å²) in [6, 6.07) is 1.27. The van der Waals surface area contributed by atoms with Crippen LogP contribution in [0.4, 0.5) is 10.1 Å². The molecule has 0 saturated heterocycles. The minimum atomic E-state index is -0.843. The number of carbonyl (C=O) groups is 1. The van der Waals surface area contributed by atoms with Crippen LogP contribution in [0.2, 0.25) is 0 Å². The van der Waals surface area contributed by atoms with Crippen LogP contribution in [0, 0.1) is 5.82 Å². The van der Waals surface area contributed by atoms with Crippen LogP contribution < -0.4 is 5.73 Å². The molecule has 1 aromatic rings. The van der Waals surface area contributed by atoms with E-state index >= 15 is 0 Å². The van der Waals surface area contributed by atoms with Gasteiger partial charge in [-0.15, -0.1) is 0 Å². The first-order valence-electron chi connectivity index (χ1n) is 3.15. The van der Waals surface area contributed by atoms with Crippen molar-refractivity contribution in [3.05, 3.63) is 23.8 Å². The Kier molecular flexibility index (Phi) is 2.23. The Hall–Kier alpha value is -1.65. The van der Waals surface area contributed by atoms with Crippen LogP contribution in [0.5, 0.6) is 0 Å². The van der Waals surface area contributed by atoms with Gasteiger partial charge in [0.05, 0.1) is 12.8 Å². The quantitative estimate of drug-likeness (QED) is 0.626. The highest BCUT2D eigenvalue weighted by Gasteiger charge is 2.15. The van der Waals surface area contributed by atoms with E-state index in [1.54, 1.807) is 0 Å². The second-order valence-corrected chi connectivity index (χ2v) is 2.05. The maximum absolute atomic E-state index is 13.0. The molecule has 5 heteroatoms. The van der Waals surface area contributed by atoms with Crippen LogP contribution in [-0.4, -0.2) is 18.1 Å². The maximum Gasteiger partial charge on any atom is 0.359 e. The molecule has 1 rings (SSSR count). The molecule has 0 aromatic carbocycles. The number of aromatic nitrogens is 1. The standard InChI is InChI=1S/C7H7FN2O2/c1-12-7(11)6-5(8)4(9)2-3-10-6/h2-3H,1H3,(H2,9,10). The molecular formula is C7H7FN2O2. The number of nitrogens with zero attached hydrogens (tertiary/aromatic N) is 1. The van der Waals surface area contributed by atoms with Gasteiger partial charge in [0.2, 0.25) is 0 Å². The van der Waals surface area contributed by atoms with Gasteiger partial charge in [-0.25, -0.2) is 14.2 Å². The third-order valence-electron chi connectivity index (χ3n) is 1.30. The predicted molar refractivity (Wildman–Crippen MR) is 39.9 cm³/mol. The highest BCUT2D eigenvalue weighted by molar-refractivity contribution is 5.88. The second kappa shape index (κ2) is 3.17. The first kappa shape index (κ1) is 8.45. The summed E-state index contributed by atoms with van der Waals surface area (Å²) in [4.78, 5) is 14.3. The van der Waals surface area contributed by atoms with E-state index in [1.165, 1.54) is 12.3 Å². The molecule has 0 radical (unpaired) electrons. The number of hydrogen-bond donors (Lipinski definition) is 1. The van der Waals surface area contributed by atoms with Gasteiger partial charge in [0.1, 0.15) is 0 Å². The highest BCUT2D eigenvalue weighted by Crippen LogP contribution is 2.12. The molecule has 0 unspecified atom stereocenters. The molecule has 0 aliphatic carbocycles. The molecule has 2 N–H and O–H groups in total. The molecule has 0 aliphatic heterocycles. The number of esters is 1. The SMILES string of the molecule is COC(=O)c1nccc(N)c1F. The summed E-state index contributed by atoms with van der Waals surface area (Å²) in [7, 11) is 1.15. The smallest absolute Gasteiger partial charge is 0.359 e. The van der Waals surface area contributed by atoms with Crippen molar-refractivity contribution in [3.8, 4) is 0 Å². The number of ether oxygens (including phenoxy) is 1. The molecule has 0 spiro atoms. The van der Waals surface area contributed by atoms with Crippen LogP contribution >= 0.6 is 0 Å². The van der Waals surface area contributed by atoms with Gasteiger partial charge < -0.3 is 10.5 Å². The number of pyridine rings is 1. The predicted octanol–water partition coefficient (Wildman–Crippen LogP) is 0.590. The number of halogens is 1. The van der Waals surface area contributed by atoms with Crippen molar-refractivity contribution < 1.29 is 13.9 Å². The van der Waals surface area contributed by atoms with Gasteiger partial charge in [0.25, 0.3) is 0 Å². The molecule has 0 aliphatic rings. The van der Waals surface area contributed by atoms with E-state index in [9.17, 15) is 9.18 Å². The molecule has 0 atom stereocenters. The maximum atomic E-state index is 13.0. The van der Waals surface area contributed by atoms with E-state index < -0.39 is 17.5 Å². The van der Waals surface area contributed by atoms with Gasteiger partial charge >= 0.3 is 5.97 Å². The van der Waals surface area contributed by atoms with Crippen molar-refractivity contribution >= 4 is 11.7 Å². The van der Waals surface area contributed by atoms with Gasteiger partial charge in [-0.3, -0.25) is 0 Å². The molecule has 12 heavy (non-hydrogen) atoms. The van der Waals surface area contributed by atoms with Crippen molar-refractivity contribution in [1.29, 1.82) is 0 Å². The molecule has 0 bridgehead atoms. The summed E-state index contributed by atoms with van der Waals surface area (Å²) in [6.45, 7) is 0. The van der Waals surface area contributed by atoms with Gasteiger partial charge in [-0.05, 0) is 6.07 Å². The van der Waals surface area contributed by atoms with Crippen LogP contribution in [-0.2, 0) is 4.74 Å². The normalized spacial score (nSPS) is 9.50. The fourth-order valence-corrected chi connectivity index (χ4v) is 0.698. The summed E-state index contributed by atoms with van der Waals surface area (Å²) in [5.41, 5.74) is 4.68. The first-order chi connectivity index (χ1) is 5.66. The lowest BCUT2D eigenvalue weighted by Crippen LogP contribution is -2.08. The summed E-state index contributed by atoms with van der Waals surface area (Å²) < 4.78 is 17.2. The minimum absolute atomic E-state index is 0.120. The molecule has 0 amide bonds. The number of rotatable bonds is 1. The summed E-state index contributed by atoms with van der Waals surface area (Å²) in [5, 5.41) is 0. The number of nitrogen functional groups attached to an aromatic ring is 1. The average molecular weight is 170 g/mol. The third-order valence-corrected chi connectivity index (χ3v) is 1.30. The zero-order chi connectivity index (χ0) is 9.14. The van der Waals surface area contributed by atoms with E-state index in [-0.39, 0.29) is 5.69 Å². The zero-order valence-corrected chi connectivity index (χ0v) is 6.37. The molecule has 0 fully saturated rings. The van der Waals surface area contributed by atoms with E-state index in [0.29, 0.717) is 0 Å². The number of nitrogens with two attached hydrogens (primary N) is 1. The Bertz CT molecular complexity index is 314. The minimum Gasteiger partial charge on any atom is -0.464 e. The average Bonchev–Trinajstić information content (AvgIpc) is 2.08. The Morgan fingerprint density at radius 2 is 2.42 bits per heavy atom. The van der Waals surface area contributed by atoms with Crippen LogP contribution in [0.15, 0.2) is 12.3 Å². The van der Waals surface area contributed by atoms with Crippen molar-refractivity contribution in [1.82, 2.24) is 4.98 Å². The first-order valence-corrected chi connectivity index (χ1v) is 3.15. The van der Waals surface area contributed by atoms with Crippen LogP contribution in [0.25, 0.3) is 0 Å². The van der Waals surface area contributed by atoms with Gasteiger partial charge in [-0.2, -0.15) is 0 Å². The Morgan fingerprint density at radius 1 is 1.75 bits per heavy atom. The number of hydrogen-bond acceptors (Lipinski definition) is 4. The third kappa shape index (κ3) is 1.34. The van der Waals surface area contributed by atoms with Gasteiger partial charge in [0, 0.05) is 6.20 Å². The Balaban J connectivity index is 3.16. The fraction of sp³-hybridized carbons (Fsp3) is 0.143. The number of anilines is 1. The van der Waals surface area contributed by atoms with E-state index in [4.69, 9.17) is 5.73 Å². The number of methoxy groups -OCH3 is 1. The number of carbonyl (C=O) groups excluding carboxylic acids is 1. The lowest BCUT2D eigenvalue weighted by molar-refractivity contribution is 0.0588. The largest absolute Gasteiger partial charge is 0.464 e. The summed E-state index contributed by atoms with van der Waals surface area (Å²) in [6.07, 6.45) is 1.24. The van der Waals surface area contributed by atoms with Crippen molar-refractivity contribution in [2.75, 3.05) is 12.8 Å². The van der Waals surface area contributed by atoms with E-state index in [2.05, 4.69) is 9.72 Å². The van der Waals surface area contributed by atoms with E-state index in [1.807, 2.05) is 0 Å². The highest BCUT2D eigenvalue weighted by atomic mass is 19.1.